The molecule has 2 heterocycles. The first kappa shape index (κ1) is 10.6. The molecule has 2 N–H and O–H groups in total. The molecule has 0 aliphatic carbocycles. The Balaban J connectivity index is 2.12. The fraction of sp³-hybridized carbons (Fsp3) is 0.556. The van der Waals surface area contributed by atoms with Gasteiger partial charge in [-0.05, 0) is 28.9 Å². The van der Waals surface area contributed by atoms with Gasteiger partial charge in [-0.15, -0.1) is 0 Å². The van der Waals surface area contributed by atoms with Gasteiger partial charge < -0.3 is 15.4 Å². The first-order valence-electron chi connectivity index (χ1n) is 4.83. The molecular formula is C9H13BrN4O. The summed E-state index contributed by atoms with van der Waals surface area (Å²) in [7, 11) is 1.59. The second-order valence-electron chi connectivity index (χ2n) is 3.38. The number of rotatable bonds is 3. The smallest absolute Gasteiger partial charge is 0.258 e. The zero-order valence-corrected chi connectivity index (χ0v) is 10.0. The highest BCUT2D eigenvalue weighted by molar-refractivity contribution is 9.10. The van der Waals surface area contributed by atoms with E-state index in [1.807, 2.05) is 0 Å². The Hall–Kier alpha value is -0.880. The molecule has 0 radical (unpaired) electrons. The lowest BCUT2D eigenvalue weighted by Gasteiger charge is -2.13. The number of hydrogen-bond donors (Lipinski definition) is 2. The SMILES string of the molecule is COc1nc(Br)cnc1NC1CCNC1. The first-order chi connectivity index (χ1) is 7.29. The van der Waals surface area contributed by atoms with Crippen molar-refractivity contribution in [2.24, 2.45) is 0 Å². The molecule has 5 nitrogen and oxygen atoms in total. The standard InChI is InChI=1S/C9H13BrN4O/c1-15-9-8(12-5-7(10)14-9)13-6-2-3-11-4-6/h5-6,11H,2-4H2,1H3,(H,12,13). The Labute approximate surface area is 96.8 Å². The van der Waals surface area contributed by atoms with Crippen LogP contribution in [0.5, 0.6) is 5.88 Å². The van der Waals surface area contributed by atoms with E-state index < -0.39 is 0 Å². The summed E-state index contributed by atoms with van der Waals surface area (Å²) in [5.74, 6) is 1.23. The van der Waals surface area contributed by atoms with Gasteiger partial charge in [0.15, 0.2) is 5.82 Å². The van der Waals surface area contributed by atoms with E-state index in [1.54, 1.807) is 13.3 Å². The van der Waals surface area contributed by atoms with E-state index in [9.17, 15) is 0 Å². The first-order valence-corrected chi connectivity index (χ1v) is 5.62. The maximum absolute atomic E-state index is 5.15. The zero-order valence-electron chi connectivity index (χ0n) is 8.46. The Morgan fingerprint density at radius 1 is 1.67 bits per heavy atom. The number of aromatic nitrogens is 2. The summed E-state index contributed by atoms with van der Waals surface area (Å²) in [5.41, 5.74) is 0. The van der Waals surface area contributed by atoms with Crippen LogP contribution in [0, 0.1) is 0 Å². The van der Waals surface area contributed by atoms with Crippen molar-refractivity contribution in [2.45, 2.75) is 12.5 Å². The predicted octanol–water partition coefficient (Wildman–Crippen LogP) is 1.02. The fourth-order valence-electron chi connectivity index (χ4n) is 1.56. The molecule has 1 aliphatic rings. The summed E-state index contributed by atoms with van der Waals surface area (Å²) in [5, 5.41) is 6.59. The molecule has 2 rings (SSSR count). The molecule has 1 unspecified atom stereocenters. The Morgan fingerprint density at radius 2 is 2.53 bits per heavy atom. The van der Waals surface area contributed by atoms with Gasteiger partial charge in [-0.2, -0.15) is 0 Å². The summed E-state index contributed by atoms with van der Waals surface area (Å²) >= 11 is 3.26. The zero-order chi connectivity index (χ0) is 10.7. The highest BCUT2D eigenvalue weighted by atomic mass is 79.9. The second kappa shape index (κ2) is 4.76. The summed E-state index contributed by atoms with van der Waals surface area (Å²) < 4.78 is 5.83. The molecule has 0 spiro atoms. The van der Waals surface area contributed by atoms with Gasteiger partial charge in [0.2, 0.25) is 0 Å². The van der Waals surface area contributed by atoms with Gasteiger partial charge in [-0.25, -0.2) is 9.97 Å². The lowest BCUT2D eigenvalue weighted by atomic mass is 10.2. The van der Waals surface area contributed by atoms with Crippen molar-refractivity contribution in [2.75, 3.05) is 25.5 Å². The van der Waals surface area contributed by atoms with E-state index in [4.69, 9.17) is 4.74 Å². The van der Waals surface area contributed by atoms with Crippen LogP contribution in [-0.4, -0.2) is 36.2 Å². The molecule has 1 aromatic rings. The molecule has 1 aliphatic heterocycles. The molecule has 82 valence electrons. The van der Waals surface area contributed by atoms with Crippen molar-refractivity contribution in [1.29, 1.82) is 0 Å². The Bertz CT molecular complexity index is 341. The Morgan fingerprint density at radius 3 is 3.20 bits per heavy atom. The van der Waals surface area contributed by atoms with E-state index in [2.05, 4.69) is 36.5 Å². The van der Waals surface area contributed by atoms with Crippen LogP contribution in [0.25, 0.3) is 0 Å². The van der Waals surface area contributed by atoms with Gasteiger partial charge in [0.05, 0.1) is 13.3 Å². The number of methoxy groups -OCH3 is 1. The topological polar surface area (TPSA) is 59.1 Å². The van der Waals surface area contributed by atoms with Gasteiger partial charge >= 0.3 is 0 Å². The maximum atomic E-state index is 5.15. The molecule has 0 aromatic carbocycles. The van der Waals surface area contributed by atoms with Crippen molar-refractivity contribution in [3.63, 3.8) is 0 Å². The third kappa shape index (κ3) is 2.57. The van der Waals surface area contributed by atoms with Crippen molar-refractivity contribution < 1.29 is 4.74 Å². The third-order valence-corrected chi connectivity index (χ3v) is 2.69. The van der Waals surface area contributed by atoms with Crippen LogP contribution in [0.3, 0.4) is 0 Å². The lowest BCUT2D eigenvalue weighted by Crippen LogP contribution is -2.23. The highest BCUT2D eigenvalue weighted by Crippen LogP contribution is 2.22. The average Bonchev–Trinajstić information content (AvgIpc) is 2.73. The largest absolute Gasteiger partial charge is 0.478 e. The normalized spacial score (nSPS) is 20.3. The number of halogens is 1. The average molecular weight is 273 g/mol. The lowest BCUT2D eigenvalue weighted by molar-refractivity contribution is 0.396. The quantitative estimate of drug-likeness (QED) is 0.861. The molecule has 0 amide bonds. The molecule has 15 heavy (non-hydrogen) atoms. The minimum absolute atomic E-state index is 0.411. The van der Waals surface area contributed by atoms with Gasteiger partial charge in [-0.3, -0.25) is 0 Å². The van der Waals surface area contributed by atoms with E-state index in [0.717, 1.165) is 19.5 Å². The number of ether oxygens (including phenoxy) is 1. The molecule has 0 saturated carbocycles. The van der Waals surface area contributed by atoms with Crippen molar-refractivity contribution in [1.82, 2.24) is 15.3 Å². The van der Waals surface area contributed by atoms with Gasteiger partial charge in [0.1, 0.15) is 4.60 Å². The van der Waals surface area contributed by atoms with Crippen LogP contribution >= 0.6 is 15.9 Å². The predicted molar refractivity (Wildman–Crippen MR) is 61.2 cm³/mol. The number of nitrogens with one attached hydrogen (secondary N) is 2. The van der Waals surface area contributed by atoms with E-state index in [1.165, 1.54) is 0 Å². The number of hydrogen-bond acceptors (Lipinski definition) is 5. The van der Waals surface area contributed by atoms with Gasteiger partial charge in [0.25, 0.3) is 5.88 Å². The number of nitrogens with zero attached hydrogens (tertiary/aromatic N) is 2. The van der Waals surface area contributed by atoms with Crippen LogP contribution < -0.4 is 15.4 Å². The molecule has 1 aromatic heterocycles. The van der Waals surface area contributed by atoms with Crippen LogP contribution in [-0.2, 0) is 0 Å². The van der Waals surface area contributed by atoms with Crippen molar-refractivity contribution >= 4 is 21.7 Å². The minimum atomic E-state index is 0.411. The summed E-state index contributed by atoms with van der Waals surface area (Å²) in [6.45, 7) is 2.00. The number of anilines is 1. The molecule has 1 fully saturated rings. The van der Waals surface area contributed by atoms with Crippen LogP contribution in [0.15, 0.2) is 10.8 Å². The van der Waals surface area contributed by atoms with Crippen molar-refractivity contribution in [3.05, 3.63) is 10.8 Å². The van der Waals surface area contributed by atoms with Crippen LogP contribution in [0.2, 0.25) is 0 Å². The van der Waals surface area contributed by atoms with E-state index in [-0.39, 0.29) is 0 Å². The van der Waals surface area contributed by atoms with E-state index in [0.29, 0.717) is 22.3 Å². The third-order valence-electron chi connectivity index (χ3n) is 2.31. The maximum Gasteiger partial charge on any atom is 0.258 e. The summed E-state index contributed by atoms with van der Waals surface area (Å²) in [6.07, 6.45) is 2.76. The molecule has 0 bridgehead atoms. The monoisotopic (exact) mass is 272 g/mol. The summed E-state index contributed by atoms with van der Waals surface area (Å²) in [4.78, 5) is 8.42. The fourth-order valence-corrected chi connectivity index (χ4v) is 1.83. The highest BCUT2D eigenvalue weighted by Gasteiger charge is 2.17. The van der Waals surface area contributed by atoms with Crippen molar-refractivity contribution in [3.8, 4) is 5.88 Å². The minimum Gasteiger partial charge on any atom is -0.478 e. The van der Waals surface area contributed by atoms with Gasteiger partial charge in [0, 0.05) is 12.6 Å². The summed E-state index contributed by atoms with van der Waals surface area (Å²) in [6, 6.07) is 0.411. The Kier molecular flexibility index (Phi) is 3.37. The van der Waals surface area contributed by atoms with E-state index >= 15 is 0 Å². The van der Waals surface area contributed by atoms with Crippen LogP contribution in [0.1, 0.15) is 6.42 Å². The molecule has 6 heteroatoms. The van der Waals surface area contributed by atoms with Gasteiger partial charge in [-0.1, -0.05) is 0 Å². The van der Waals surface area contributed by atoms with Crippen LogP contribution in [0.4, 0.5) is 5.82 Å². The molecule has 1 saturated heterocycles. The molecule has 1 atom stereocenters. The second-order valence-corrected chi connectivity index (χ2v) is 4.20. The molecular weight excluding hydrogens is 260 g/mol.